The number of carbonyl (C=O) groups excluding carboxylic acids is 1. The van der Waals surface area contributed by atoms with Crippen LogP contribution in [-0.2, 0) is 0 Å². The van der Waals surface area contributed by atoms with Crippen molar-refractivity contribution in [3.63, 3.8) is 0 Å². The van der Waals surface area contributed by atoms with Gasteiger partial charge in [-0.15, -0.1) is 0 Å². The summed E-state index contributed by atoms with van der Waals surface area (Å²) in [4.78, 5) is 12.1. The summed E-state index contributed by atoms with van der Waals surface area (Å²) in [5.74, 6) is 0.578. The summed E-state index contributed by atoms with van der Waals surface area (Å²) >= 11 is 0. The average Bonchev–Trinajstić information content (AvgIpc) is 3.04. The van der Waals surface area contributed by atoms with Crippen molar-refractivity contribution in [1.29, 1.82) is 0 Å². The first kappa shape index (κ1) is 13.9. The first-order valence-electron chi connectivity index (χ1n) is 7.72. The van der Waals surface area contributed by atoms with Crippen LogP contribution in [0.4, 0.5) is 0 Å². The van der Waals surface area contributed by atoms with Crippen molar-refractivity contribution in [2.75, 3.05) is 6.54 Å². The molecule has 1 aromatic carbocycles. The highest BCUT2D eigenvalue weighted by Gasteiger charge is 2.16. The number of carbonyl (C=O) groups is 1. The van der Waals surface area contributed by atoms with Gasteiger partial charge in [0.2, 0.25) is 0 Å². The van der Waals surface area contributed by atoms with Crippen LogP contribution in [0.15, 0.2) is 36.4 Å². The van der Waals surface area contributed by atoms with Gasteiger partial charge in [0.25, 0.3) is 5.91 Å². The van der Waals surface area contributed by atoms with E-state index < -0.39 is 0 Å². The van der Waals surface area contributed by atoms with Crippen LogP contribution >= 0.6 is 0 Å². The fraction of sp³-hybridized carbons (Fsp3) is 0.412. The van der Waals surface area contributed by atoms with Gasteiger partial charge in [-0.25, -0.2) is 0 Å². The largest absolute Gasteiger partial charge is 0.350 e. The Morgan fingerprint density at radius 1 is 1.19 bits per heavy atom. The molecule has 0 radical (unpaired) electrons. The molecule has 3 rings (SSSR count). The summed E-state index contributed by atoms with van der Waals surface area (Å²) < 4.78 is 0. The van der Waals surface area contributed by atoms with E-state index in [0.717, 1.165) is 17.8 Å². The van der Waals surface area contributed by atoms with E-state index >= 15 is 0 Å². The van der Waals surface area contributed by atoms with Crippen LogP contribution < -0.4 is 5.32 Å². The van der Waals surface area contributed by atoms with Crippen molar-refractivity contribution in [3.8, 4) is 11.3 Å². The molecule has 1 fully saturated rings. The van der Waals surface area contributed by atoms with Gasteiger partial charge in [0.15, 0.2) is 0 Å². The van der Waals surface area contributed by atoms with Crippen molar-refractivity contribution in [1.82, 2.24) is 15.5 Å². The topological polar surface area (TPSA) is 57.8 Å². The maximum Gasteiger partial charge on any atom is 0.269 e. The summed E-state index contributed by atoms with van der Waals surface area (Å²) in [5.41, 5.74) is 2.35. The number of H-pyrrole nitrogens is 1. The van der Waals surface area contributed by atoms with Crippen molar-refractivity contribution >= 4 is 5.91 Å². The Morgan fingerprint density at radius 3 is 2.71 bits per heavy atom. The Kier molecular flexibility index (Phi) is 4.34. The van der Waals surface area contributed by atoms with Gasteiger partial charge in [0.05, 0.1) is 5.69 Å². The van der Waals surface area contributed by atoms with E-state index in [2.05, 4.69) is 15.5 Å². The molecular formula is C17H21N3O. The van der Waals surface area contributed by atoms with E-state index in [-0.39, 0.29) is 5.91 Å². The van der Waals surface area contributed by atoms with Crippen LogP contribution in [0.25, 0.3) is 11.3 Å². The number of amides is 1. The lowest BCUT2D eigenvalue weighted by Crippen LogP contribution is -2.30. The Hall–Kier alpha value is -2.10. The number of aromatic nitrogens is 2. The number of aromatic amines is 1. The summed E-state index contributed by atoms with van der Waals surface area (Å²) in [7, 11) is 0. The van der Waals surface area contributed by atoms with Gasteiger partial charge in [0.1, 0.15) is 5.69 Å². The normalized spacial score (nSPS) is 15.8. The van der Waals surface area contributed by atoms with Gasteiger partial charge >= 0.3 is 0 Å². The van der Waals surface area contributed by atoms with Crippen molar-refractivity contribution in [2.24, 2.45) is 5.92 Å². The van der Waals surface area contributed by atoms with E-state index in [1.54, 1.807) is 0 Å². The van der Waals surface area contributed by atoms with E-state index in [9.17, 15) is 4.79 Å². The molecular weight excluding hydrogens is 262 g/mol. The maximum atomic E-state index is 12.1. The lowest BCUT2D eigenvalue weighted by Gasteiger charge is -2.21. The smallest absolute Gasteiger partial charge is 0.269 e. The van der Waals surface area contributed by atoms with Gasteiger partial charge in [-0.3, -0.25) is 9.89 Å². The number of hydrogen-bond acceptors (Lipinski definition) is 2. The van der Waals surface area contributed by atoms with Crippen LogP contribution in [-0.4, -0.2) is 22.6 Å². The van der Waals surface area contributed by atoms with E-state index in [4.69, 9.17) is 0 Å². The molecule has 2 aromatic rings. The van der Waals surface area contributed by atoms with E-state index in [1.165, 1.54) is 32.1 Å². The predicted molar refractivity (Wildman–Crippen MR) is 82.9 cm³/mol. The fourth-order valence-corrected chi connectivity index (χ4v) is 2.92. The molecule has 0 unspecified atom stereocenters. The second kappa shape index (κ2) is 6.57. The Morgan fingerprint density at radius 2 is 1.95 bits per heavy atom. The molecule has 1 saturated carbocycles. The molecule has 0 aliphatic heterocycles. The van der Waals surface area contributed by atoms with Gasteiger partial charge in [-0.1, -0.05) is 49.6 Å². The van der Waals surface area contributed by atoms with Crippen LogP contribution in [0.1, 0.15) is 42.6 Å². The third-order valence-corrected chi connectivity index (χ3v) is 4.17. The highest BCUT2D eigenvalue weighted by atomic mass is 16.1. The SMILES string of the molecule is O=C(NCC1CCCCC1)c1cc(-c2ccccc2)n[nH]1. The minimum atomic E-state index is -0.0599. The molecule has 110 valence electrons. The van der Waals surface area contributed by atoms with Gasteiger partial charge < -0.3 is 5.32 Å². The fourth-order valence-electron chi connectivity index (χ4n) is 2.92. The molecule has 0 bridgehead atoms. The summed E-state index contributed by atoms with van der Waals surface area (Å²) in [5, 5.41) is 10.1. The molecule has 0 spiro atoms. The lowest BCUT2D eigenvalue weighted by molar-refractivity contribution is 0.0938. The van der Waals surface area contributed by atoms with Crippen molar-refractivity contribution < 1.29 is 4.79 Å². The third-order valence-electron chi connectivity index (χ3n) is 4.17. The Balaban J connectivity index is 1.59. The summed E-state index contributed by atoms with van der Waals surface area (Å²) in [6.45, 7) is 0.776. The zero-order valence-corrected chi connectivity index (χ0v) is 12.1. The number of nitrogens with one attached hydrogen (secondary N) is 2. The van der Waals surface area contributed by atoms with Crippen LogP contribution in [0.2, 0.25) is 0 Å². The minimum Gasteiger partial charge on any atom is -0.350 e. The number of benzene rings is 1. The molecule has 0 saturated heterocycles. The number of hydrogen-bond donors (Lipinski definition) is 2. The predicted octanol–water partition coefficient (Wildman–Crippen LogP) is 3.39. The molecule has 1 aliphatic carbocycles. The molecule has 1 amide bonds. The number of rotatable bonds is 4. The monoisotopic (exact) mass is 283 g/mol. The van der Waals surface area contributed by atoms with E-state index in [0.29, 0.717) is 11.6 Å². The summed E-state index contributed by atoms with van der Waals surface area (Å²) in [6.07, 6.45) is 6.40. The molecule has 4 nitrogen and oxygen atoms in total. The lowest BCUT2D eigenvalue weighted by atomic mass is 9.89. The first-order valence-corrected chi connectivity index (χ1v) is 7.72. The minimum absolute atomic E-state index is 0.0599. The van der Waals surface area contributed by atoms with Gasteiger partial charge in [0, 0.05) is 12.1 Å². The highest BCUT2D eigenvalue weighted by Crippen LogP contribution is 2.23. The zero-order chi connectivity index (χ0) is 14.5. The molecule has 21 heavy (non-hydrogen) atoms. The Bertz CT molecular complexity index is 585. The van der Waals surface area contributed by atoms with Gasteiger partial charge in [-0.2, -0.15) is 5.10 Å². The Labute approximate surface area is 125 Å². The third kappa shape index (κ3) is 3.51. The second-order valence-corrected chi connectivity index (χ2v) is 5.75. The van der Waals surface area contributed by atoms with Crippen LogP contribution in [0.5, 0.6) is 0 Å². The average molecular weight is 283 g/mol. The molecule has 2 N–H and O–H groups in total. The highest BCUT2D eigenvalue weighted by molar-refractivity contribution is 5.93. The van der Waals surface area contributed by atoms with Crippen LogP contribution in [0, 0.1) is 5.92 Å². The van der Waals surface area contributed by atoms with Gasteiger partial charge in [-0.05, 0) is 24.8 Å². The number of nitrogens with zero attached hydrogens (tertiary/aromatic N) is 1. The molecule has 1 aliphatic rings. The summed E-state index contributed by atoms with van der Waals surface area (Å²) in [6, 6.07) is 11.7. The second-order valence-electron chi connectivity index (χ2n) is 5.75. The molecule has 1 heterocycles. The molecule has 0 atom stereocenters. The van der Waals surface area contributed by atoms with Crippen molar-refractivity contribution in [2.45, 2.75) is 32.1 Å². The van der Waals surface area contributed by atoms with E-state index in [1.807, 2.05) is 36.4 Å². The zero-order valence-electron chi connectivity index (χ0n) is 12.1. The maximum absolute atomic E-state index is 12.1. The quantitative estimate of drug-likeness (QED) is 0.903. The molecule has 4 heteroatoms. The molecule has 1 aromatic heterocycles. The van der Waals surface area contributed by atoms with Crippen LogP contribution in [0.3, 0.4) is 0 Å². The van der Waals surface area contributed by atoms with Crippen molar-refractivity contribution in [3.05, 3.63) is 42.1 Å². The standard InChI is InChI=1S/C17H21N3O/c21-17(18-12-13-7-3-1-4-8-13)16-11-15(19-20-16)14-9-5-2-6-10-14/h2,5-6,9-11,13H,1,3-4,7-8,12H2,(H,18,21)(H,19,20). The first-order chi connectivity index (χ1) is 10.3.